The summed E-state index contributed by atoms with van der Waals surface area (Å²) < 4.78 is 24.9. The Morgan fingerprint density at radius 3 is 2.56 bits per heavy atom. The third-order valence-electron chi connectivity index (χ3n) is 3.99. The summed E-state index contributed by atoms with van der Waals surface area (Å²) >= 11 is 13.7. The van der Waals surface area contributed by atoms with Crippen molar-refractivity contribution >= 4 is 50.0 Å². The van der Waals surface area contributed by atoms with Crippen molar-refractivity contribution in [2.24, 2.45) is 0 Å². The maximum Gasteiger partial charge on any atom is 0.175 e. The Morgan fingerprint density at radius 1 is 1.11 bits per heavy atom. The number of fused-ring (bicyclic) bond motifs is 1. The van der Waals surface area contributed by atoms with Crippen molar-refractivity contribution in [2.75, 3.05) is 6.26 Å². The molecule has 1 aromatic carbocycles. The molecule has 0 bridgehead atoms. The van der Waals surface area contributed by atoms with Gasteiger partial charge in [0.25, 0.3) is 0 Å². The Bertz CT molecular complexity index is 1250. The summed E-state index contributed by atoms with van der Waals surface area (Å²) in [4.78, 5) is 9.47. The topological polar surface area (TPSA) is 64.3 Å². The Balaban J connectivity index is 1.59. The van der Waals surface area contributed by atoms with Crippen molar-refractivity contribution in [3.63, 3.8) is 0 Å². The van der Waals surface area contributed by atoms with Gasteiger partial charge in [0.15, 0.2) is 15.5 Å². The molecule has 3 aromatic heterocycles. The molecule has 5 nitrogen and oxygen atoms in total. The lowest BCUT2D eigenvalue weighted by Crippen LogP contribution is -1.96. The highest BCUT2D eigenvalue weighted by atomic mass is 35.5. The van der Waals surface area contributed by atoms with Gasteiger partial charge in [-0.3, -0.25) is 0 Å². The standard InChI is InChI=1S/C18H13Cl2N3O2S2/c1-27(24,25)14-4-2-11(3-5-14)16-10-26-17(22-16)7-13-9-23-8-12(19)6-15(20)18(23)21-13/h2-6,8-10H,7H2,1H3. The number of rotatable bonds is 4. The van der Waals surface area contributed by atoms with Crippen molar-refractivity contribution in [2.45, 2.75) is 11.3 Å². The van der Waals surface area contributed by atoms with Crippen LogP contribution < -0.4 is 0 Å². The van der Waals surface area contributed by atoms with Crippen LogP contribution in [0.3, 0.4) is 0 Å². The minimum Gasteiger partial charge on any atom is -0.304 e. The molecule has 4 aromatic rings. The summed E-state index contributed by atoms with van der Waals surface area (Å²) in [5.74, 6) is 0. The largest absolute Gasteiger partial charge is 0.304 e. The molecule has 0 fully saturated rings. The molecule has 9 heteroatoms. The lowest BCUT2D eigenvalue weighted by atomic mass is 10.2. The first-order valence-corrected chi connectivity index (χ1v) is 11.4. The molecule has 0 radical (unpaired) electrons. The third-order valence-corrected chi connectivity index (χ3v) is 6.45. The van der Waals surface area contributed by atoms with E-state index >= 15 is 0 Å². The molecule has 4 rings (SSSR count). The molecule has 0 aliphatic carbocycles. The molecule has 3 heterocycles. The van der Waals surface area contributed by atoms with Crippen LogP contribution in [-0.4, -0.2) is 29.0 Å². The average molecular weight is 438 g/mol. The first-order valence-electron chi connectivity index (χ1n) is 7.87. The quantitative estimate of drug-likeness (QED) is 0.461. The Morgan fingerprint density at radius 2 is 1.85 bits per heavy atom. The number of sulfone groups is 1. The fourth-order valence-corrected chi connectivity index (χ4v) is 4.69. The van der Waals surface area contributed by atoms with E-state index in [2.05, 4.69) is 9.97 Å². The number of thiazole rings is 1. The zero-order valence-corrected chi connectivity index (χ0v) is 17.2. The monoisotopic (exact) mass is 437 g/mol. The van der Waals surface area contributed by atoms with Gasteiger partial charge in [0, 0.05) is 36.0 Å². The number of nitrogens with zero attached hydrogens (tertiary/aromatic N) is 3. The van der Waals surface area contributed by atoms with Gasteiger partial charge < -0.3 is 4.40 Å². The Hall–Kier alpha value is -1.93. The van der Waals surface area contributed by atoms with E-state index in [1.165, 1.54) is 17.6 Å². The van der Waals surface area contributed by atoms with E-state index in [1.807, 2.05) is 11.6 Å². The summed E-state index contributed by atoms with van der Waals surface area (Å²) in [5.41, 5.74) is 3.17. The molecule has 0 spiro atoms. The number of benzene rings is 1. The van der Waals surface area contributed by atoms with Gasteiger partial charge in [-0.2, -0.15) is 0 Å². The minimum atomic E-state index is -3.21. The van der Waals surface area contributed by atoms with Crippen LogP contribution in [0.25, 0.3) is 16.9 Å². The second kappa shape index (κ2) is 6.91. The van der Waals surface area contributed by atoms with Crippen molar-refractivity contribution in [1.29, 1.82) is 0 Å². The van der Waals surface area contributed by atoms with Crippen LogP contribution in [0.15, 0.2) is 53.0 Å². The molecule has 0 amide bonds. The van der Waals surface area contributed by atoms with Gasteiger partial charge in [-0.25, -0.2) is 18.4 Å². The van der Waals surface area contributed by atoms with Gasteiger partial charge >= 0.3 is 0 Å². The molecule has 0 saturated carbocycles. The van der Waals surface area contributed by atoms with E-state index < -0.39 is 9.84 Å². The molecule has 0 unspecified atom stereocenters. The van der Waals surface area contributed by atoms with Gasteiger partial charge in [0.05, 0.1) is 31.3 Å². The zero-order chi connectivity index (χ0) is 19.2. The molecule has 0 aliphatic heterocycles. The predicted octanol–water partition coefficient (Wildman–Crippen LogP) is 4.76. The second-order valence-corrected chi connectivity index (χ2v) is 9.87. The van der Waals surface area contributed by atoms with Crippen LogP contribution >= 0.6 is 34.5 Å². The molecular formula is C18H13Cl2N3O2S2. The summed E-state index contributed by atoms with van der Waals surface area (Å²) in [6, 6.07) is 8.38. The maximum absolute atomic E-state index is 11.6. The second-order valence-electron chi connectivity index (χ2n) is 6.07. The van der Waals surface area contributed by atoms with E-state index in [0.29, 0.717) is 27.0 Å². The summed E-state index contributed by atoms with van der Waals surface area (Å²) in [6.45, 7) is 0. The van der Waals surface area contributed by atoms with Gasteiger partial charge in [0.2, 0.25) is 0 Å². The Kier molecular flexibility index (Phi) is 4.71. The van der Waals surface area contributed by atoms with Crippen molar-refractivity contribution < 1.29 is 8.42 Å². The number of pyridine rings is 1. The average Bonchev–Trinajstić information content (AvgIpc) is 3.21. The van der Waals surface area contributed by atoms with E-state index in [0.717, 1.165) is 22.0 Å². The molecule has 138 valence electrons. The van der Waals surface area contributed by atoms with Crippen LogP contribution in [0.2, 0.25) is 10.0 Å². The van der Waals surface area contributed by atoms with Crippen molar-refractivity contribution in [3.8, 4) is 11.3 Å². The van der Waals surface area contributed by atoms with Gasteiger partial charge in [0.1, 0.15) is 0 Å². The number of imidazole rings is 1. The first-order chi connectivity index (χ1) is 12.8. The van der Waals surface area contributed by atoms with Crippen molar-refractivity contribution in [3.05, 3.63) is 68.9 Å². The van der Waals surface area contributed by atoms with Crippen LogP contribution in [0.1, 0.15) is 10.7 Å². The smallest absolute Gasteiger partial charge is 0.175 e. The van der Waals surface area contributed by atoms with Gasteiger partial charge in [-0.15, -0.1) is 11.3 Å². The molecular weight excluding hydrogens is 425 g/mol. The van der Waals surface area contributed by atoms with Crippen LogP contribution in [-0.2, 0) is 16.3 Å². The Labute approximate surface area is 170 Å². The highest BCUT2D eigenvalue weighted by Crippen LogP contribution is 2.26. The maximum atomic E-state index is 11.6. The highest BCUT2D eigenvalue weighted by Gasteiger charge is 2.12. The zero-order valence-electron chi connectivity index (χ0n) is 14.1. The lowest BCUT2D eigenvalue weighted by Gasteiger charge is -2.00. The summed E-state index contributed by atoms with van der Waals surface area (Å²) in [6.07, 6.45) is 5.41. The normalized spacial score (nSPS) is 12.0. The number of aromatic nitrogens is 3. The minimum absolute atomic E-state index is 0.293. The predicted molar refractivity (Wildman–Crippen MR) is 109 cm³/mol. The first kappa shape index (κ1) is 18.4. The third kappa shape index (κ3) is 3.87. The van der Waals surface area contributed by atoms with E-state index in [4.69, 9.17) is 23.2 Å². The van der Waals surface area contributed by atoms with E-state index in [9.17, 15) is 8.42 Å². The number of halogens is 2. The molecule has 0 N–H and O–H groups in total. The molecule has 0 aliphatic rings. The molecule has 0 atom stereocenters. The van der Waals surface area contributed by atoms with Gasteiger partial charge in [-0.05, 0) is 18.2 Å². The summed E-state index contributed by atoms with van der Waals surface area (Å²) in [5, 5.41) is 3.90. The molecule has 27 heavy (non-hydrogen) atoms. The van der Waals surface area contributed by atoms with Crippen LogP contribution in [0, 0.1) is 0 Å². The van der Waals surface area contributed by atoms with Crippen LogP contribution in [0.5, 0.6) is 0 Å². The van der Waals surface area contributed by atoms with E-state index in [-0.39, 0.29) is 0 Å². The number of hydrogen-bond acceptors (Lipinski definition) is 5. The SMILES string of the molecule is CS(=O)(=O)c1ccc(-c2csc(Cc3cn4cc(Cl)cc(Cl)c4n3)n2)cc1. The summed E-state index contributed by atoms with van der Waals surface area (Å²) in [7, 11) is -3.21. The molecule has 0 saturated heterocycles. The number of hydrogen-bond donors (Lipinski definition) is 0. The van der Waals surface area contributed by atoms with E-state index in [1.54, 1.807) is 40.9 Å². The van der Waals surface area contributed by atoms with Gasteiger partial charge in [-0.1, -0.05) is 35.3 Å². The van der Waals surface area contributed by atoms with Crippen molar-refractivity contribution in [1.82, 2.24) is 14.4 Å². The van der Waals surface area contributed by atoms with Crippen LogP contribution in [0.4, 0.5) is 0 Å². The highest BCUT2D eigenvalue weighted by molar-refractivity contribution is 7.90. The fourth-order valence-electron chi connectivity index (χ4n) is 2.71. The fraction of sp³-hybridized carbons (Fsp3) is 0.111. The lowest BCUT2D eigenvalue weighted by molar-refractivity contribution is 0.602.